The molecule has 4 aromatic rings. The van der Waals surface area contributed by atoms with Gasteiger partial charge in [0.15, 0.2) is 6.61 Å². The first-order chi connectivity index (χ1) is 19.0. The van der Waals surface area contributed by atoms with E-state index < -0.39 is 6.04 Å². The van der Waals surface area contributed by atoms with E-state index in [0.29, 0.717) is 25.3 Å². The van der Waals surface area contributed by atoms with Crippen molar-refractivity contribution in [1.82, 2.24) is 10.2 Å². The number of hydrogen-bond donors (Lipinski definition) is 1. The van der Waals surface area contributed by atoms with Crippen LogP contribution in [0.1, 0.15) is 36.5 Å². The summed E-state index contributed by atoms with van der Waals surface area (Å²) < 4.78 is 6.86. The Hall–Kier alpha value is -3.64. The molecule has 0 saturated heterocycles. The number of nitrogens with zero attached hydrogens (tertiary/aromatic N) is 1. The van der Waals surface area contributed by atoms with Gasteiger partial charge in [-0.1, -0.05) is 104 Å². The largest absolute Gasteiger partial charge is 0.483 e. The van der Waals surface area contributed by atoms with Gasteiger partial charge in [-0.15, -0.1) is 0 Å². The van der Waals surface area contributed by atoms with E-state index in [1.807, 2.05) is 91.9 Å². The van der Waals surface area contributed by atoms with Crippen LogP contribution in [0, 0.1) is 6.92 Å². The summed E-state index contributed by atoms with van der Waals surface area (Å²) in [6.07, 6.45) is 2.27. The number of benzene rings is 4. The van der Waals surface area contributed by atoms with Crippen LogP contribution in [0.3, 0.4) is 0 Å². The second-order valence-electron chi connectivity index (χ2n) is 9.75. The molecule has 0 aliphatic carbocycles. The number of rotatable bonds is 12. The zero-order valence-electron chi connectivity index (χ0n) is 22.5. The predicted molar refractivity (Wildman–Crippen MR) is 161 cm³/mol. The van der Waals surface area contributed by atoms with Crippen molar-refractivity contribution in [2.75, 3.05) is 13.2 Å². The Morgan fingerprint density at radius 3 is 2.44 bits per heavy atom. The molecule has 0 radical (unpaired) electrons. The van der Waals surface area contributed by atoms with Gasteiger partial charge in [0, 0.05) is 19.5 Å². The minimum atomic E-state index is -0.680. The molecular weight excluding hydrogens is 552 g/mol. The van der Waals surface area contributed by atoms with Gasteiger partial charge in [0.05, 0.1) is 4.47 Å². The van der Waals surface area contributed by atoms with Crippen LogP contribution in [-0.4, -0.2) is 35.9 Å². The molecule has 0 aromatic heterocycles. The molecule has 4 rings (SSSR count). The maximum absolute atomic E-state index is 13.9. The second-order valence-corrected chi connectivity index (χ2v) is 10.5. The number of unbranched alkanes of at least 4 members (excludes halogenated alkanes) is 1. The molecule has 4 aromatic carbocycles. The van der Waals surface area contributed by atoms with Gasteiger partial charge in [-0.25, -0.2) is 0 Å². The second kappa shape index (κ2) is 13.9. The highest BCUT2D eigenvalue weighted by Gasteiger charge is 2.30. The SMILES string of the molecule is CCCCNC(=O)C(Cc1ccccc1)N(Cc1cccc(C)c1)C(=O)COc1ccc2ccccc2c1Br. The van der Waals surface area contributed by atoms with Crippen LogP contribution in [0.2, 0.25) is 0 Å². The molecule has 0 spiro atoms. The monoisotopic (exact) mass is 586 g/mol. The van der Waals surface area contributed by atoms with Gasteiger partial charge < -0.3 is 15.0 Å². The van der Waals surface area contributed by atoms with E-state index in [9.17, 15) is 9.59 Å². The Labute approximate surface area is 239 Å². The van der Waals surface area contributed by atoms with Gasteiger partial charge in [0.1, 0.15) is 11.8 Å². The highest BCUT2D eigenvalue weighted by atomic mass is 79.9. The first-order valence-corrected chi connectivity index (χ1v) is 14.2. The predicted octanol–water partition coefficient (Wildman–Crippen LogP) is 6.85. The number of carbonyl (C=O) groups excluding carboxylic acids is 2. The van der Waals surface area contributed by atoms with Crippen molar-refractivity contribution in [3.05, 3.63) is 112 Å². The Morgan fingerprint density at radius 2 is 1.67 bits per heavy atom. The van der Waals surface area contributed by atoms with Crippen molar-refractivity contribution >= 4 is 38.5 Å². The standard InChI is InChI=1S/C33H35BrN2O3/c1-3-4-19-35-33(38)29(21-25-12-6-5-7-13-25)36(22-26-14-10-11-24(2)20-26)31(37)23-39-30-18-17-27-15-8-9-16-28(27)32(30)34/h5-18,20,29H,3-4,19,21-23H2,1-2H3,(H,35,38). The summed E-state index contributed by atoms with van der Waals surface area (Å²) in [6.45, 7) is 4.81. The number of aryl methyl sites for hydroxylation is 1. The number of ether oxygens (including phenoxy) is 1. The molecular formula is C33H35BrN2O3. The summed E-state index contributed by atoms with van der Waals surface area (Å²) in [6, 6.07) is 29.0. The fraction of sp³-hybridized carbons (Fsp3) is 0.273. The number of fused-ring (bicyclic) bond motifs is 1. The average Bonchev–Trinajstić information content (AvgIpc) is 2.95. The van der Waals surface area contributed by atoms with Gasteiger partial charge in [0.25, 0.3) is 5.91 Å². The number of carbonyl (C=O) groups is 2. The molecule has 0 aliphatic heterocycles. The normalized spacial score (nSPS) is 11.7. The number of amides is 2. The molecule has 2 amide bonds. The summed E-state index contributed by atoms with van der Waals surface area (Å²) in [5.74, 6) is 0.188. The Bertz CT molecular complexity index is 1410. The zero-order chi connectivity index (χ0) is 27.6. The topological polar surface area (TPSA) is 58.6 Å². The Balaban J connectivity index is 1.62. The number of nitrogens with one attached hydrogen (secondary N) is 1. The summed E-state index contributed by atoms with van der Waals surface area (Å²) in [7, 11) is 0. The Morgan fingerprint density at radius 1 is 0.923 bits per heavy atom. The van der Waals surface area contributed by atoms with E-state index in [2.05, 4.69) is 34.2 Å². The highest BCUT2D eigenvalue weighted by Crippen LogP contribution is 2.33. The summed E-state index contributed by atoms with van der Waals surface area (Å²) in [5, 5.41) is 5.15. The highest BCUT2D eigenvalue weighted by molar-refractivity contribution is 9.10. The molecule has 0 saturated carbocycles. The van der Waals surface area contributed by atoms with Crippen LogP contribution in [-0.2, 0) is 22.6 Å². The van der Waals surface area contributed by atoms with Crippen LogP contribution in [0.25, 0.3) is 10.8 Å². The molecule has 0 aliphatic rings. The quantitative estimate of drug-likeness (QED) is 0.185. The number of halogens is 1. The molecule has 1 atom stereocenters. The lowest BCUT2D eigenvalue weighted by molar-refractivity contribution is -0.142. The molecule has 1 unspecified atom stereocenters. The van der Waals surface area contributed by atoms with Gasteiger partial charge in [-0.2, -0.15) is 0 Å². The van der Waals surface area contributed by atoms with Crippen molar-refractivity contribution in [3.8, 4) is 5.75 Å². The third-order valence-corrected chi connectivity index (χ3v) is 7.53. The molecule has 202 valence electrons. The lowest BCUT2D eigenvalue weighted by Crippen LogP contribution is -2.51. The van der Waals surface area contributed by atoms with Crippen molar-refractivity contribution in [2.45, 2.75) is 45.7 Å². The summed E-state index contributed by atoms with van der Waals surface area (Å²) in [5.41, 5.74) is 3.06. The smallest absolute Gasteiger partial charge is 0.261 e. The van der Waals surface area contributed by atoms with Crippen LogP contribution in [0.15, 0.2) is 95.5 Å². The first kappa shape index (κ1) is 28.4. The van der Waals surface area contributed by atoms with E-state index in [0.717, 1.165) is 44.8 Å². The van der Waals surface area contributed by atoms with E-state index in [4.69, 9.17) is 4.74 Å². The van der Waals surface area contributed by atoms with E-state index >= 15 is 0 Å². The lowest BCUT2D eigenvalue weighted by atomic mass is 10.0. The van der Waals surface area contributed by atoms with Crippen LogP contribution < -0.4 is 10.1 Å². The van der Waals surface area contributed by atoms with Gasteiger partial charge >= 0.3 is 0 Å². The third kappa shape index (κ3) is 7.70. The molecule has 0 bridgehead atoms. The van der Waals surface area contributed by atoms with Crippen molar-refractivity contribution in [2.24, 2.45) is 0 Å². The van der Waals surface area contributed by atoms with Crippen molar-refractivity contribution in [1.29, 1.82) is 0 Å². The van der Waals surface area contributed by atoms with Crippen molar-refractivity contribution in [3.63, 3.8) is 0 Å². The number of hydrogen-bond acceptors (Lipinski definition) is 3. The van der Waals surface area contributed by atoms with Gasteiger partial charge in [-0.3, -0.25) is 9.59 Å². The molecule has 5 nitrogen and oxygen atoms in total. The molecule has 0 heterocycles. The van der Waals surface area contributed by atoms with Crippen LogP contribution in [0.4, 0.5) is 0 Å². The minimum absolute atomic E-state index is 0.153. The van der Waals surface area contributed by atoms with Gasteiger partial charge in [-0.05, 0) is 57.2 Å². The van der Waals surface area contributed by atoms with E-state index in [1.165, 1.54) is 0 Å². The molecule has 39 heavy (non-hydrogen) atoms. The van der Waals surface area contributed by atoms with E-state index in [1.54, 1.807) is 4.90 Å². The molecule has 0 fully saturated rings. The summed E-state index contributed by atoms with van der Waals surface area (Å²) >= 11 is 3.65. The maximum Gasteiger partial charge on any atom is 0.261 e. The first-order valence-electron chi connectivity index (χ1n) is 13.4. The minimum Gasteiger partial charge on any atom is -0.483 e. The van der Waals surface area contributed by atoms with Crippen LogP contribution >= 0.6 is 15.9 Å². The third-order valence-electron chi connectivity index (χ3n) is 6.72. The molecule has 1 N–H and O–H groups in total. The van der Waals surface area contributed by atoms with Gasteiger partial charge in [0.2, 0.25) is 5.91 Å². The maximum atomic E-state index is 13.9. The lowest BCUT2D eigenvalue weighted by Gasteiger charge is -2.31. The Kier molecular flexibility index (Phi) is 10.1. The fourth-order valence-corrected chi connectivity index (χ4v) is 5.22. The molecule has 6 heteroatoms. The zero-order valence-corrected chi connectivity index (χ0v) is 24.1. The summed E-state index contributed by atoms with van der Waals surface area (Å²) in [4.78, 5) is 29.1. The van der Waals surface area contributed by atoms with E-state index in [-0.39, 0.29) is 18.4 Å². The van der Waals surface area contributed by atoms with Crippen LogP contribution in [0.5, 0.6) is 5.75 Å². The average molecular weight is 588 g/mol. The fourth-order valence-electron chi connectivity index (χ4n) is 4.61. The van der Waals surface area contributed by atoms with Crippen molar-refractivity contribution < 1.29 is 14.3 Å².